The average molecular weight is 187 g/mol. The van der Waals surface area contributed by atoms with Crippen LogP contribution in [0.3, 0.4) is 0 Å². The van der Waals surface area contributed by atoms with Crippen LogP contribution in [0.15, 0.2) is 12.2 Å². The molecule has 4 heteroatoms. The highest BCUT2D eigenvalue weighted by molar-refractivity contribution is 7.81. The minimum absolute atomic E-state index is 0.306. The summed E-state index contributed by atoms with van der Waals surface area (Å²) >= 11 is 4.10. The van der Waals surface area contributed by atoms with Gasteiger partial charge < -0.3 is 9.64 Å². The quantitative estimate of drug-likeness (QED) is 0.384. The first-order chi connectivity index (χ1) is 5.49. The van der Waals surface area contributed by atoms with Crippen molar-refractivity contribution in [2.75, 3.05) is 13.1 Å². The van der Waals surface area contributed by atoms with E-state index in [9.17, 15) is 4.79 Å². The Morgan fingerprint density at radius 3 is 2.42 bits per heavy atom. The van der Waals surface area contributed by atoms with Crippen LogP contribution in [-0.4, -0.2) is 29.0 Å². The highest BCUT2D eigenvalue weighted by atomic mass is 32.1. The van der Waals surface area contributed by atoms with Gasteiger partial charge in [0.2, 0.25) is 0 Å². The number of thiol groups is 1. The molecule has 0 saturated carbocycles. The van der Waals surface area contributed by atoms with Crippen molar-refractivity contribution in [2.24, 2.45) is 0 Å². The summed E-state index contributed by atoms with van der Waals surface area (Å²) in [5.74, 6) is 0. The number of ether oxygens (including phenoxy) is 1. The highest BCUT2D eigenvalue weighted by Gasteiger charge is 2.22. The van der Waals surface area contributed by atoms with Crippen LogP contribution in [0, 0.1) is 0 Å². The fourth-order valence-corrected chi connectivity index (χ4v) is 0.983. The van der Waals surface area contributed by atoms with Gasteiger partial charge in [0.15, 0.2) is 4.93 Å². The fraction of sp³-hybridized carbons (Fsp3) is 0.625. The maximum Gasteiger partial charge on any atom is 0.411 e. The molecule has 1 amide bonds. The van der Waals surface area contributed by atoms with Gasteiger partial charge in [-0.1, -0.05) is 12.2 Å². The first-order valence-electron chi connectivity index (χ1n) is 3.84. The predicted octanol–water partition coefficient (Wildman–Crippen LogP) is 1.66. The largest absolute Gasteiger partial charge is 0.433 e. The molecule has 1 rings (SSSR count). The molecule has 68 valence electrons. The minimum atomic E-state index is -0.695. The van der Waals surface area contributed by atoms with E-state index in [4.69, 9.17) is 4.74 Å². The number of carbonyl (C=O) groups excluding carboxylic acids is 1. The molecule has 0 saturated heterocycles. The molecule has 0 aromatic heterocycles. The molecule has 12 heavy (non-hydrogen) atoms. The molecular formula is C8H13NO2S. The molecule has 0 N–H and O–H groups in total. The van der Waals surface area contributed by atoms with Gasteiger partial charge in [0.25, 0.3) is 0 Å². The van der Waals surface area contributed by atoms with Gasteiger partial charge in [0, 0.05) is 13.1 Å². The van der Waals surface area contributed by atoms with E-state index in [1.165, 1.54) is 0 Å². The van der Waals surface area contributed by atoms with E-state index in [0.717, 1.165) is 0 Å². The van der Waals surface area contributed by atoms with E-state index < -0.39 is 4.93 Å². The van der Waals surface area contributed by atoms with E-state index >= 15 is 0 Å². The topological polar surface area (TPSA) is 29.5 Å². The van der Waals surface area contributed by atoms with E-state index in [2.05, 4.69) is 12.6 Å². The molecule has 0 unspecified atom stereocenters. The van der Waals surface area contributed by atoms with Crippen LogP contribution in [0.4, 0.5) is 4.79 Å². The van der Waals surface area contributed by atoms with Crippen LogP contribution in [0.25, 0.3) is 0 Å². The zero-order valence-electron chi connectivity index (χ0n) is 7.28. The summed E-state index contributed by atoms with van der Waals surface area (Å²) in [5.41, 5.74) is 0. The summed E-state index contributed by atoms with van der Waals surface area (Å²) in [7, 11) is 0. The van der Waals surface area contributed by atoms with Crippen molar-refractivity contribution in [3.63, 3.8) is 0 Å². The van der Waals surface area contributed by atoms with E-state index in [1.54, 1.807) is 18.7 Å². The van der Waals surface area contributed by atoms with Crippen molar-refractivity contribution in [2.45, 2.75) is 18.8 Å². The lowest BCUT2D eigenvalue weighted by Gasteiger charge is -2.23. The number of amides is 1. The average Bonchev–Trinajstić information content (AvgIpc) is 2.32. The summed E-state index contributed by atoms with van der Waals surface area (Å²) < 4.78 is 5.03. The summed E-state index contributed by atoms with van der Waals surface area (Å²) in [6.07, 6.45) is 3.57. The third-order valence-corrected chi connectivity index (χ3v) is 1.50. The van der Waals surface area contributed by atoms with Crippen LogP contribution in [-0.2, 0) is 4.74 Å². The SMILES string of the molecule is CC(C)(S)OC(=O)N1CC=CC1. The Balaban J connectivity index is 2.39. The Labute approximate surface area is 77.8 Å². The number of rotatable bonds is 1. The predicted molar refractivity (Wildman–Crippen MR) is 50.3 cm³/mol. The Hall–Kier alpha value is -0.640. The molecule has 0 radical (unpaired) electrons. The third kappa shape index (κ3) is 2.77. The zero-order valence-corrected chi connectivity index (χ0v) is 8.17. The van der Waals surface area contributed by atoms with Crippen molar-refractivity contribution in [1.82, 2.24) is 4.90 Å². The number of carbonyl (C=O) groups is 1. The van der Waals surface area contributed by atoms with Crippen LogP contribution in [0.5, 0.6) is 0 Å². The maximum absolute atomic E-state index is 11.3. The Bertz CT molecular complexity index is 200. The van der Waals surface area contributed by atoms with Gasteiger partial charge in [0.1, 0.15) is 0 Å². The second kappa shape index (κ2) is 3.39. The lowest BCUT2D eigenvalue weighted by atomic mass is 10.5. The van der Waals surface area contributed by atoms with Crippen LogP contribution in [0.1, 0.15) is 13.8 Å². The van der Waals surface area contributed by atoms with Crippen LogP contribution >= 0.6 is 12.6 Å². The van der Waals surface area contributed by atoms with Gasteiger partial charge in [-0.3, -0.25) is 0 Å². The molecule has 0 atom stereocenters. The lowest BCUT2D eigenvalue weighted by molar-refractivity contribution is 0.0705. The molecule has 0 fully saturated rings. The number of hydrogen-bond acceptors (Lipinski definition) is 3. The Morgan fingerprint density at radius 2 is 2.00 bits per heavy atom. The van der Waals surface area contributed by atoms with Gasteiger partial charge in [-0.2, -0.15) is 0 Å². The molecule has 1 aliphatic heterocycles. The Kier molecular flexibility index (Phi) is 2.67. The van der Waals surface area contributed by atoms with Crippen molar-refractivity contribution in [1.29, 1.82) is 0 Å². The lowest BCUT2D eigenvalue weighted by Crippen LogP contribution is -2.34. The summed E-state index contributed by atoms with van der Waals surface area (Å²) in [4.78, 5) is 12.2. The standard InChI is InChI=1S/C8H13NO2S/c1-8(2,12)11-7(10)9-5-3-4-6-9/h3-4,12H,5-6H2,1-2H3. The van der Waals surface area contributed by atoms with Crippen LogP contribution in [0.2, 0.25) is 0 Å². The molecule has 0 bridgehead atoms. The van der Waals surface area contributed by atoms with Gasteiger partial charge >= 0.3 is 6.09 Å². The normalized spacial score (nSPS) is 16.8. The second-order valence-corrected chi connectivity index (χ2v) is 4.27. The van der Waals surface area contributed by atoms with E-state index in [1.807, 2.05) is 12.2 Å². The summed E-state index contributed by atoms with van der Waals surface area (Å²) in [6.45, 7) is 4.75. The molecular weight excluding hydrogens is 174 g/mol. The van der Waals surface area contributed by atoms with E-state index in [-0.39, 0.29) is 6.09 Å². The summed E-state index contributed by atoms with van der Waals surface area (Å²) in [6, 6.07) is 0. The minimum Gasteiger partial charge on any atom is -0.433 e. The third-order valence-electron chi connectivity index (χ3n) is 1.41. The van der Waals surface area contributed by atoms with Gasteiger partial charge in [-0.15, -0.1) is 12.6 Å². The van der Waals surface area contributed by atoms with Crippen molar-refractivity contribution in [3.8, 4) is 0 Å². The molecule has 0 aliphatic carbocycles. The van der Waals surface area contributed by atoms with Crippen molar-refractivity contribution in [3.05, 3.63) is 12.2 Å². The summed E-state index contributed by atoms with van der Waals surface area (Å²) in [5, 5.41) is 0. The monoisotopic (exact) mass is 187 g/mol. The maximum atomic E-state index is 11.3. The smallest absolute Gasteiger partial charge is 0.411 e. The van der Waals surface area contributed by atoms with Gasteiger partial charge in [0.05, 0.1) is 0 Å². The molecule has 1 aliphatic rings. The molecule has 0 spiro atoms. The molecule has 0 aromatic rings. The molecule has 3 nitrogen and oxygen atoms in total. The van der Waals surface area contributed by atoms with Crippen molar-refractivity contribution >= 4 is 18.7 Å². The first kappa shape index (κ1) is 9.45. The second-order valence-electron chi connectivity index (χ2n) is 3.19. The molecule has 1 heterocycles. The van der Waals surface area contributed by atoms with Gasteiger partial charge in [-0.05, 0) is 13.8 Å². The van der Waals surface area contributed by atoms with Crippen LogP contribution < -0.4 is 0 Å². The number of hydrogen-bond donors (Lipinski definition) is 1. The number of nitrogens with zero attached hydrogens (tertiary/aromatic N) is 1. The molecule has 0 aromatic carbocycles. The van der Waals surface area contributed by atoms with Gasteiger partial charge in [-0.25, -0.2) is 4.79 Å². The van der Waals surface area contributed by atoms with E-state index in [0.29, 0.717) is 13.1 Å². The highest BCUT2D eigenvalue weighted by Crippen LogP contribution is 2.16. The zero-order chi connectivity index (χ0) is 9.19. The van der Waals surface area contributed by atoms with Crippen molar-refractivity contribution < 1.29 is 9.53 Å². The Morgan fingerprint density at radius 1 is 1.50 bits per heavy atom. The fourth-order valence-electron chi connectivity index (χ4n) is 0.905. The first-order valence-corrected chi connectivity index (χ1v) is 4.29.